The third kappa shape index (κ3) is 6.23. The second-order valence-electron chi connectivity index (χ2n) is 12.2. The number of anilines is 1. The summed E-state index contributed by atoms with van der Waals surface area (Å²) in [7, 11) is 0. The van der Waals surface area contributed by atoms with E-state index in [0.717, 1.165) is 16.7 Å². The Morgan fingerprint density at radius 3 is 2.65 bits per heavy atom. The normalized spacial score (nSPS) is 19.3. The van der Waals surface area contributed by atoms with Gasteiger partial charge in [-0.05, 0) is 43.2 Å². The lowest BCUT2D eigenvalue weighted by molar-refractivity contribution is -0.126. The summed E-state index contributed by atoms with van der Waals surface area (Å²) in [5.41, 5.74) is -1.43. The van der Waals surface area contributed by atoms with Crippen LogP contribution in [0, 0.1) is 11.6 Å². The number of halogens is 4. The average Bonchev–Trinajstić information content (AvgIpc) is 3.06. The number of nitrogens with zero attached hydrogens (tertiary/aromatic N) is 6. The minimum absolute atomic E-state index is 0.0405. The molecule has 0 aliphatic carbocycles. The van der Waals surface area contributed by atoms with Crippen LogP contribution in [0.4, 0.5) is 23.4 Å². The molecule has 6 rings (SSSR count). The van der Waals surface area contributed by atoms with Crippen molar-refractivity contribution in [2.24, 2.45) is 0 Å². The molecule has 3 atom stereocenters. The van der Waals surface area contributed by atoms with Crippen molar-refractivity contribution in [1.29, 1.82) is 0 Å². The second-order valence-corrected chi connectivity index (χ2v) is 12.2. The first-order chi connectivity index (χ1) is 23.4. The standard InChI is InChI=1S/C34H34F4N6O5/c1-5-26(46)42-11-12-43(18(4)14-42)32-20-13-22(36)29-27-21(35)7-6-8-24(27)48-15-23(45)31(49-16-25(37)38)19-9-10-39-28(17(2)3)30(19)44(33(20)40-29)34(47)41-32/h5-10,13,17-18,23,25,31,45H,1,11-12,14-16H2,2-4H3/t18-,23?,31?/m0/s1. The summed E-state index contributed by atoms with van der Waals surface area (Å²) in [6, 6.07) is 5.90. The molecule has 3 aromatic heterocycles. The maximum absolute atomic E-state index is 16.3. The molecule has 2 bridgehead atoms. The predicted molar refractivity (Wildman–Crippen MR) is 172 cm³/mol. The van der Waals surface area contributed by atoms with Crippen LogP contribution in [-0.4, -0.2) is 86.9 Å². The van der Waals surface area contributed by atoms with Gasteiger partial charge in [0.15, 0.2) is 11.5 Å². The summed E-state index contributed by atoms with van der Waals surface area (Å²) in [6.07, 6.45) is -3.41. The zero-order valence-electron chi connectivity index (χ0n) is 26.9. The number of hydrogen-bond donors (Lipinski definition) is 1. The lowest BCUT2D eigenvalue weighted by Crippen LogP contribution is -2.54. The van der Waals surface area contributed by atoms with Crippen LogP contribution < -0.4 is 15.3 Å². The molecule has 5 heterocycles. The molecule has 2 aliphatic heterocycles. The fraction of sp³-hybridized carbons (Fsp3) is 0.382. The van der Waals surface area contributed by atoms with Crippen molar-refractivity contribution in [3.63, 3.8) is 0 Å². The van der Waals surface area contributed by atoms with E-state index < -0.39 is 54.9 Å². The molecule has 2 unspecified atom stereocenters. The Hall–Kier alpha value is -4.89. The van der Waals surface area contributed by atoms with Crippen LogP contribution in [0.1, 0.15) is 44.1 Å². The summed E-state index contributed by atoms with van der Waals surface area (Å²) in [4.78, 5) is 43.5. The topological polar surface area (TPSA) is 123 Å². The van der Waals surface area contributed by atoms with Crippen molar-refractivity contribution in [1.82, 2.24) is 24.4 Å². The number of rotatable bonds is 6. The van der Waals surface area contributed by atoms with Gasteiger partial charge in [0.1, 0.15) is 48.5 Å². The molecule has 0 saturated carbocycles. The first kappa shape index (κ1) is 34.0. The highest BCUT2D eigenvalue weighted by Gasteiger charge is 2.35. The number of hydrogen-bond acceptors (Lipinski definition) is 9. The van der Waals surface area contributed by atoms with Gasteiger partial charge in [0.25, 0.3) is 6.43 Å². The number of carbonyl (C=O) groups is 1. The summed E-state index contributed by atoms with van der Waals surface area (Å²) in [5, 5.41) is 11.5. The molecule has 4 aromatic rings. The minimum atomic E-state index is -2.90. The third-order valence-electron chi connectivity index (χ3n) is 8.62. The van der Waals surface area contributed by atoms with Gasteiger partial charge in [0.2, 0.25) is 5.91 Å². The number of fused-ring (bicyclic) bond motifs is 5. The average molecular weight is 683 g/mol. The summed E-state index contributed by atoms with van der Waals surface area (Å²) in [6.45, 7) is 8.04. The number of aliphatic hydroxyl groups excluding tert-OH is 1. The van der Waals surface area contributed by atoms with Gasteiger partial charge >= 0.3 is 5.69 Å². The summed E-state index contributed by atoms with van der Waals surface area (Å²) < 4.78 is 71.3. The molecule has 0 radical (unpaired) electrons. The number of pyridine rings is 2. The lowest BCUT2D eigenvalue weighted by Gasteiger charge is -2.40. The maximum Gasteiger partial charge on any atom is 0.355 e. The predicted octanol–water partition coefficient (Wildman–Crippen LogP) is 4.54. The van der Waals surface area contributed by atoms with Crippen LogP contribution >= 0.6 is 0 Å². The van der Waals surface area contributed by atoms with Crippen molar-refractivity contribution >= 4 is 22.8 Å². The van der Waals surface area contributed by atoms with Crippen molar-refractivity contribution in [2.75, 3.05) is 37.7 Å². The van der Waals surface area contributed by atoms with Gasteiger partial charge in [0, 0.05) is 37.4 Å². The van der Waals surface area contributed by atoms with Crippen LogP contribution in [-0.2, 0) is 9.53 Å². The number of piperazine rings is 1. The molecule has 11 nitrogen and oxygen atoms in total. The molecule has 258 valence electrons. The second kappa shape index (κ2) is 13.6. The molecule has 1 N–H and O–H groups in total. The Bertz CT molecular complexity index is 1990. The molecule has 15 heteroatoms. The number of alkyl halides is 2. The number of amides is 1. The highest BCUT2D eigenvalue weighted by Crippen LogP contribution is 2.40. The van der Waals surface area contributed by atoms with E-state index in [9.17, 15) is 23.5 Å². The van der Waals surface area contributed by atoms with Crippen LogP contribution in [0.25, 0.3) is 28.0 Å². The number of benzene rings is 1. The Balaban J connectivity index is 1.71. The molecule has 1 aromatic carbocycles. The Morgan fingerprint density at radius 2 is 1.96 bits per heavy atom. The van der Waals surface area contributed by atoms with E-state index in [0.29, 0.717) is 5.69 Å². The molecular weight excluding hydrogens is 648 g/mol. The quantitative estimate of drug-likeness (QED) is 0.231. The van der Waals surface area contributed by atoms with Crippen LogP contribution in [0.2, 0.25) is 0 Å². The number of carbonyl (C=O) groups excluding carboxylic acids is 1. The Morgan fingerprint density at radius 1 is 1.18 bits per heavy atom. The molecule has 1 fully saturated rings. The molecule has 1 amide bonds. The van der Waals surface area contributed by atoms with Crippen molar-refractivity contribution in [2.45, 2.75) is 51.4 Å². The van der Waals surface area contributed by atoms with Crippen LogP contribution in [0.5, 0.6) is 5.75 Å². The highest BCUT2D eigenvalue weighted by molar-refractivity contribution is 5.91. The molecule has 1 saturated heterocycles. The molecular formula is C34H34F4N6O5. The van der Waals surface area contributed by atoms with Gasteiger partial charge < -0.3 is 24.4 Å². The Kier molecular flexibility index (Phi) is 9.40. The monoisotopic (exact) mass is 682 g/mol. The van der Waals surface area contributed by atoms with Crippen molar-refractivity contribution in [3.8, 4) is 22.7 Å². The van der Waals surface area contributed by atoms with E-state index in [1.165, 1.54) is 30.5 Å². The molecule has 2 aliphatic rings. The fourth-order valence-electron chi connectivity index (χ4n) is 6.39. The molecule has 49 heavy (non-hydrogen) atoms. The molecule has 0 spiro atoms. The number of aromatic nitrogens is 4. The number of ether oxygens (including phenoxy) is 2. The van der Waals surface area contributed by atoms with Gasteiger partial charge in [-0.25, -0.2) is 31.9 Å². The first-order valence-corrected chi connectivity index (χ1v) is 15.7. The summed E-state index contributed by atoms with van der Waals surface area (Å²) in [5.74, 6) is -2.60. The SMILES string of the molecule is C=CC(=O)N1CCN(c2nc(=O)n3c4nc(c(F)cc24)-c2c(F)cccc2OCC(O)C(OCC(F)F)c2ccnc(C(C)C)c2-3)[C@@H](C)C1. The highest BCUT2D eigenvalue weighted by atomic mass is 19.3. The zero-order valence-corrected chi connectivity index (χ0v) is 26.9. The van der Waals surface area contributed by atoms with E-state index in [1.807, 2.05) is 6.92 Å². The largest absolute Gasteiger partial charge is 0.490 e. The van der Waals surface area contributed by atoms with Gasteiger partial charge in [-0.2, -0.15) is 4.98 Å². The first-order valence-electron chi connectivity index (χ1n) is 15.7. The van der Waals surface area contributed by atoms with Crippen LogP contribution in [0.3, 0.4) is 0 Å². The van der Waals surface area contributed by atoms with E-state index in [2.05, 4.69) is 21.5 Å². The smallest absolute Gasteiger partial charge is 0.355 e. The zero-order chi connectivity index (χ0) is 35.1. The van der Waals surface area contributed by atoms with Crippen molar-refractivity contribution in [3.05, 3.63) is 82.6 Å². The van der Waals surface area contributed by atoms with E-state index in [4.69, 9.17) is 9.47 Å². The fourth-order valence-corrected chi connectivity index (χ4v) is 6.39. The van der Waals surface area contributed by atoms with Gasteiger partial charge in [0.05, 0.1) is 22.3 Å². The van der Waals surface area contributed by atoms with Gasteiger partial charge in [-0.1, -0.05) is 26.5 Å². The van der Waals surface area contributed by atoms with E-state index >= 15 is 8.78 Å². The van der Waals surface area contributed by atoms with Gasteiger partial charge in [-0.15, -0.1) is 0 Å². The maximum atomic E-state index is 16.3. The van der Waals surface area contributed by atoms with Crippen molar-refractivity contribution < 1.29 is 36.9 Å². The Labute approximate surface area is 278 Å². The summed E-state index contributed by atoms with van der Waals surface area (Å²) >= 11 is 0. The van der Waals surface area contributed by atoms with Gasteiger partial charge in [-0.3, -0.25) is 9.78 Å². The number of aliphatic hydroxyl groups is 1. The van der Waals surface area contributed by atoms with E-state index in [-0.39, 0.29) is 76.9 Å². The lowest BCUT2D eigenvalue weighted by atomic mass is 9.97. The van der Waals surface area contributed by atoms with Crippen LogP contribution in [0.15, 0.2) is 54.0 Å². The third-order valence-corrected chi connectivity index (χ3v) is 8.62. The van der Waals surface area contributed by atoms with E-state index in [1.54, 1.807) is 23.6 Å². The minimum Gasteiger partial charge on any atom is -0.490 e.